The van der Waals surface area contributed by atoms with Crippen molar-refractivity contribution in [3.63, 3.8) is 0 Å². The van der Waals surface area contributed by atoms with E-state index >= 15 is 0 Å². The second-order valence-corrected chi connectivity index (χ2v) is 7.53. The molecule has 0 bridgehead atoms. The van der Waals surface area contributed by atoms with E-state index in [1.165, 1.54) is 12.1 Å². The van der Waals surface area contributed by atoms with Crippen LogP contribution in [0, 0.1) is 17.2 Å². The highest BCUT2D eigenvalue weighted by Gasteiger charge is 2.41. The molecule has 1 aliphatic carbocycles. The summed E-state index contributed by atoms with van der Waals surface area (Å²) in [4.78, 5) is 0.274. The standard InChI is InChI=1S/C15H20N2O2S/c1-11(2)12(3)17(14-6-7-14)20(18,19)15-8-4-13(10-16)5-9-15/h4-5,8-9,11-12,14H,6-7H2,1-3H3. The molecule has 2 rings (SSSR count). The Morgan fingerprint density at radius 1 is 1.20 bits per heavy atom. The van der Waals surface area contributed by atoms with E-state index in [4.69, 9.17) is 5.26 Å². The van der Waals surface area contributed by atoms with Gasteiger partial charge in [-0.05, 0) is 49.9 Å². The quantitative estimate of drug-likeness (QED) is 0.838. The monoisotopic (exact) mass is 292 g/mol. The molecule has 5 heteroatoms. The molecule has 108 valence electrons. The van der Waals surface area contributed by atoms with Crippen LogP contribution in [0.5, 0.6) is 0 Å². The van der Waals surface area contributed by atoms with Gasteiger partial charge in [0.1, 0.15) is 0 Å². The molecule has 20 heavy (non-hydrogen) atoms. The number of hydrogen-bond acceptors (Lipinski definition) is 3. The molecule has 0 heterocycles. The summed E-state index contributed by atoms with van der Waals surface area (Å²) in [6.07, 6.45) is 1.87. The molecule has 0 N–H and O–H groups in total. The minimum Gasteiger partial charge on any atom is -0.207 e. The summed E-state index contributed by atoms with van der Waals surface area (Å²) in [5, 5.41) is 8.79. The maximum Gasteiger partial charge on any atom is 0.243 e. The third kappa shape index (κ3) is 2.87. The van der Waals surface area contributed by atoms with Crippen LogP contribution in [0.4, 0.5) is 0 Å². The van der Waals surface area contributed by atoms with Crippen LogP contribution in [0.15, 0.2) is 29.2 Å². The Hall–Kier alpha value is -1.38. The van der Waals surface area contributed by atoms with Crippen LogP contribution in [0.25, 0.3) is 0 Å². The Kier molecular flexibility index (Phi) is 4.17. The van der Waals surface area contributed by atoms with Crippen molar-refractivity contribution in [2.45, 2.75) is 50.6 Å². The lowest BCUT2D eigenvalue weighted by Gasteiger charge is -2.31. The van der Waals surface area contributed by atoms with Crippen LogP contribution in [0.3, 0.4) is 0 Å². The van der Waals surface area contributed by atoms with Crippen molar-refractivity contribution in [1.29, 1.82) is 5.26 Å². The zero-order valence-electron chi connectivity index (χ0n) is 12.1. The molecule has 1 aliphatic rings. The molecule has 1 atom stereocenters. The van der Waals surface area contributed by atoms with Gasteiger partial charge in [-0.3, -0.25) is 0 Å². The second-order valence-electron chi connectivity index (χ2n) is 5.69. The van der Waals surface area contributed by atoms with Gasteiger partial charge in [-0.1, -0.05) is 13.8 Å². The fourth-order valence-electron chi connectivity index (χ4n) is 2.19. The summed E-state index contributed by atoms with van der Waals surface area (Å²) >= 11 is 0. The summed E-state index contributed by atoms with van der Waals surface area (Å²) in [6.45, 7) is 6.03. The minimum atomic E-state index is -3.48. The van der Waals surface area contributed by atoms with Crippen LogP contribution in [0.1, 0.15) is 39.2 Å². The van der Waals surface area contributed by atoms with Crippen molar-refractivity contribution in [1.82, 2.24) is 4.31 Å². The lowest BCUT2D eigenvalue weighted by molar-refractivity contribution is 0.269. The Morgan fingerprint density at radius 3 is 2.15 bits per heavy atom. The van der Waals surface area contributed by atoms with Crippen LogP contribution < -0.4 is 0 Å². The van der Waals surface area contributed by atoms with E-state index in [1.807, 2.05) is 26.8 Å². The summed E-state index contributed by atoms with van der Waals surface area (Å²) in [7, 11) is -3.48. The van der Waals surface area contributed by atoms with Crippen LogP contribution in [-0.4, -0.2) is 24.8 Å². The maximum atomic E-state index is 12.8. The third-order valence-corrected chi connectivity index (χ3v) is 5.89. The lowest BCUT2D eigenvalue weighted by atomic mass is 10.1. The molecule has 0 aliphatic heterocycles. The zero-order valence-corrected chi connectivity index (χ0v) is 12.9. The molecule has 0 amide bonds. The Bertz CT molecular complexity index is 610. The number of hydrogen-bond donors (Lipinski definition) is 0. The normalized spacial score (nSPS) is 17.2. The van der Waals surface area contributed by atoms with Gasteiger partial charge in [-0.2, -0.15) is 9.57 Å². The Balaban J connectivity index is 2.37. The number of nitrogens with zero attached hydrogens (tertiary/aromatic N) is 2. The average molecular weight is 292 g/mol. The SMILES string of the molecule is CC(C)C(C)N(C1CC1)S(=O)(=O)c1ccc(C#N)cc1. The molecule has 0 radical (unpaired) electrons. The number of sulfonamides is 1. The van der Waals surface area contributed by atoms with Gasteiger partial charge in [0.05, 0.1) is 16.5 Å². The molecule has 0 saturated heterocycles. The van der Waals surface area contributed by atoms with E-state index in [0.717, 1.165) is 12.8 Å². The first-order valence-electron chi connectivity index (χ1n) is 6.91. The van der Waals surface area contributed by atoms with E-state index in [0.29, 0.717) is 5.56 Å². The van der Waals surface area contributed by atoms with Gasteiger partial charge in [-0.25, -0.2) is 8.42 Å². The summed E-state index contributed by atoms with van der Waals surface area (Å²) in [5.74, 6) is 0.267. The van der Waals surface area contributed by atoms with Gasteiger partial charge in [-0.15, -0.1) is 0 Å². The van der Waals surface area contributed by atoms with E-state index in [2.05, 4.69) is 0 Å². The van der Waals surface area contributed by atoms with Crippen LogP contribution in [0.2, 0.25) is 0 Å². The van der Waals surface area contributed by atoms with Crippen LogP contribution >= 0.6 is 0 Å². The van der Waals surface area contributed by atoms with Crippen molar-refractivity contribution in [2.75, 3.05) is 0 Å². The molecule has 1 fully saturated rings. The Morgan fingerprint density at radius 2 is 1.75 bits per heavy atom. The average Bonchev–Trinajstić information content (AvgIpc) is 3.23. The molecule has 1 unspecified atom stereocenters. The first-order valence-corrected chi connectivity index (χ1v) is 8.35. The first kappa shape index (κ1) is 15.0. The predicted octanol–water partition coefficient (Wildman–Crippen LogP) is 2.76. The molecule has 0 aromatic heterocycles. The van der Waals surface area contributed by atoms with Gasteiger partial charge in [0.15, 0.2) is 0 Å². The highest BCUT2D eigenvalue weighted by Crippen LogP contribution is 2.35. The van der Waals surface area contributed by atoms with E-state index < -0.39 is 10.0 Å². The molecule has 1 aromatic rings. The van der Waals surface area contributed by atoms with Gasteiger partial charge < -0.3 is 0 Å². The first-order chi connectivity index (χ1) is 9.37. The Labute approximate surface area is 121 Å². The number of rotatable bonds is 5. The van der Waals surface area contributed by atoms with Crippen molar-refractivity contribution in [3.05, 3.63) is 29.8 Å². The van der Waals surface area contributed by atoms with Crippen molar-refractivity contribution < 1.29 is 8.42 Å². The minimum absolute atomic E-state index is 0.0249. The largest absolute Gasteiger partial charge is 0.243 e. The maximum absolute atomic E-state index is 12.8. The molecular weight excluding hydrogens is 272 g/mol. The number of nitriles is 1. The smallest absolute Gasteiger partial charge is 0.207 e. The lowest BCUT2D eigenvalue weighted by Crippen LogP contribution is -2.42. The van der Waals surface area contributed by atoms with Crippen molar-refractivity contribution in [3.8, 4) is 6.07 Å². The predicted molar refractivity (Wildman–Crippen MR) is 77.5 cm³/mol. The summed E-state index contributed by atoms with van der Waals surface area (Å²) in [6, 6.07) is 8.27. The molecule has 1 saturated carbocycles. The molecular formula is C15H20N2O2S. The molecule has 0 spiro atoms. The zero-order chi connectivity index (χ0) is 14.9. The fraction of sp³-hybridized carbons (Fsp3) is 0.533. The summed E-state index contributed by atoms with van der Waals surface area (Å²) < 4.78 is 27.3. The molecule has 1 aromatic carbocycles. The van der Waals surface area contributed by atoms with Crippen LogP contribution in [-0.2, 0) is 10.0 Å². The van der Waals surface area contributed by atoms with Gasteiger partial charge in [0.25, 0.3) is 0 Å². The molecule has 4 nitrogen and oxygen atoms in total. The van der Waals surface area contributed by atoms with Crippen molar-refractivity contribution in [2.24, 2.45) is 5.92 Å². The van der Waals surface area contributed by atoms with Gasteiger partial charge in [0.2, 0.25) is 10.0 Å². The highest BCUT2D eigenvalue weighted by atomic mass is 32.2. The van der Waals surface area contributed by atoms with E-state index in [-0.39, 0.29) is 22.9 Å². The fourth-order valence-corrected chi connectivity index (χ4v) is 4.20. The van der Waals surface area contributed by atoms with Gasteiger partial charge in [0, 0.05) is 12.1 Å². The second kappa shape index (κ2) is 5.55. The van der Waals surface area contributed by atoms with Gasteiger partial charge >= 0.3 is 0 Å². The van der Waals surface area contributed by atoms with E-state index in [1.54, 1.807) is 16.4 Å². The highest BCUT2D eigenvalue weighted by molar-refractivity contribution is 7.89. The topological polar surface area (TPSA) is 61.2 Å². The third-order valence-electron chi connectivity index (χ3n) is 3.83. The summed E-state index contributed by atoms with van der Waals surface area (Å²) in [5.41, 5.74) is 0.471. The van der Waals surface area contributed by atoms with E-state index in [9.17, 15) is 8.42 Å². The van der Waals surface area contributed by atoms with Crippen molar-refractivity contribution >= 4 is 10.0 Å². The number of benzene rings is 1.